The molecule has 0 aliphatic heterocycles. The summed E-state index contributed by atoms with van der Waals surface area (Å²) in [5.41, 5.74) is 2.45. The van der Waals surface area contributed by atoms with E-state index in [2.05, 4.69) is 29.6 Å². The van der Waals surface area contributed by atoms with Crippen molar-refractivity contribution in [3.05, 3.63) is 35.4 Å². The first kappa shape index (κ1) is 12.7. The molecule has 2 aliphatic rings. The van der Waals surface area contributed by atoms with Crippen molar-refractivity contribution in [3.8, 4) is 0 Å². The number of fused-ring (bicyclic) bond motifs is 1. The highest BCUT2D eigenvalue weighted by Gasteiger charge is 2.37. The molecule has 0 radical (unpaired) electrons. The minimum absolute atomic E-state index is 0.176. The zero-order valence-corrected chi connectivity index (χ0v) is 11.4. The van der Waals surface area contributed by atoms with Gasteiger partial charge in [-0.3, -0.25) is 4.79 Å². The van der Waals surface area contributed by atoms with Gasteiger partial charge in [0.25, 0.3) is 0 Å². The molecule has 102 valence electrons. The second kappa shape index (κ2) is 4.97. The molecule has 0 spiro atoms. The molecule has 0 aromatic heterocycles. The Labute approximate surface area is 114 Å². The van der Waals surface area contributed by atoms with Gasteiger partial charge in [0, 0.05) is 32.9 Å². The Morgan fingerprint density at radius 3 is 2.47 bits per heavy atom. The van der Waals surface area contributed by atoms with Gasteiger partial charge in [0.05, 0.1) is 5.60 Å². The van der Waals surface area contributed by atoms with Gasteiger partial charge in [-0.1, -0.05) is 24.3 Å². The maximum absolute atomic E-state index is 11.8. The number of ether oxygens (including phenoxy) is 1. The standard InChI is InChI=1S/C16H21NO2/c1-19-16(11-17-15(18)8-12-6-7-12)9-13-4-2-3-5-14(13)10-16/h2-5,12H,6-11H2,1H3,(H,17,18). The summed E-state index contributed by atoms with van der Waals surface area (Å²) in [4.78, 5) is 11.8. The van der Waals surface area contributed by atoms with Crippen LogP contribution in [-0.2, 0) is 22.4 Å². The Morgan fingerprint density at radius 2 is 1.95 bits per heavy atom. The molecule has 0 saturated heterocycles. The highest BCUT2D eigenvalue weighted by molar-refractivity contribution is 5.76. The van der Waals surface area contributed by atoms with Crippen molar-refractivity contribution < 1.29 is 9.53 Å². The van der Waals surface area contributed by atoms with Crippen molar-refractivity contribution in [2.75, 3.05) is 13.7 Å². The van der Waals surface area contributed by atoms with Gasteiger partial charge in [-0.05, 0) is 29.9 Å². The summed E-state index contributed by atoms with van der Waals surface area (Å²) >= 11 is 0. The molecular weight excluding hydrogens is 238 g/mol. The Balaban J connectivity index is 1.60. The molecule has 0 bridgehead atoms. The number of carbonyl (C=O) groups is 1. The molecule has 1 fully saturated rings. The van der Waals surface area contributed by atoms with E-state index in [4.69, 9.17) is 4.74 Å². The van der Waals surface area contributed by atoms with Crippen molar-refractivity contribution in [3.63, 3.8) is 0 Å². The van der Waals surface area contributed by atoms with E-state index in [1.165, 1.54) is 24.0 Å². The lowest BCUT2D eigenvalue weighted by atomic mass is 10.00. The fraction of sp³-hybridized carbons (Fsp3) is 0.562. The summed E-state index contributed by atoms with van der Waals surface area (Å²) in [5, 5.41) is 3.06. The quantitative estimate of drug-likeness (QED) is 0.879. The van der Waals surface area contributed by atoms with Gasteiger partial charge in [-0.2, -0.15) is 0 Å². The Morgan fingerprint density at radius 1 is 1.32 bits per heavy atom. The number of hydrogen-bond donors (Lipinski definition) is 1. The maximum atomic E-state index is 11.8. The van der Waals surface area contributed by atoms with E-state index in [1.54, 1.807) is 7.11 Å². The van der Waals surface area contributed by atoms with Crippen LogP contribution in [-0.4, -0.2) is 25.2 Å². The van der Waals surface area contributed by atoms with E-state index in [0.717, 1.165) is 12.8 Å². The molecule has 1 aromatic rings. The lowest BCUT2D eigenvalue weighted by Gasteiger charge is -2.27. The Hall–Kier alpha value is -1.35. The summed E-state index contributed by atoms with van der Waals surface area (Å²) in [6.45, 7) is 0.615. The molecule has 3 rings (SSSR count). The second-order valence-electron chi connectivity index (χ2n) is 5.93. The van der Waals surface area contributed by atoms with Crippen LogP contribution in [0, 0.1) is 5.92 Å². The SMILES string of the molecule is COC1(CNC(=O)CC2CC2)Cc2ccccc2C1. The van der Waals surface area contributed by atoms with Gasteiger partial charge in [0.15, 0.2) is 0 Å². The van der Waals surface area contributed by atoms with E-state index in [1.807, 2.05) is 0 Å². The third-order valence-corrected chi connectivity index (χ3v) is 4.36. The summed E-state index contributed by atoms with van der Waals surface area (Å²) in [6.07, 6.45) is 4.90. The molecule has 0 heterocycles. The van der Waals surface area contributed by atoms with Crippen molar-refractivity contribution in [2.24, 2.45) is 5.92 Å². The maximum Gasteiger partial charge on any atom is 0.220 e. The van der Waals surface area contributed by atoms with Crippen LogP contribution >= 0.6 is 0 Å². The zero-order chi connectivity index (χ0) is 13.3. The van der Waals surface area contributed by atoms with E-state index in [9.17, 15) is 4.79 Å². The van der Waals surface area contributed by atoms with E-state index < -0.39 is 0 Å². The summed E-state index contributed by atoms with van der Waals surface area (Å²) in [6, 6.07) is 8.44. The number of carbonyl (C=O) groups excluding carboxylic acids is 1. The third kappa shape index (κ3) is 2.81. The average molecular weight is 259 g/mol. The zero-order valence-electron chi connectivity index (χ0n) is 11.4. The number of methoxy groups -OCH3 is 1. The van der Waals surface area contributed by atoms with Crippen LogP contribution in [0.3, 0.4) is 0 Å². The molecule has 19 heavy (non-hydrogen) atoms. The number of hydrogen-bond acceptors (Lipinski definition) is 2. The van der Waals surface area contributed by atoms with Gasteiger partial charge >= 0.3 is 0 Å². The lowest BCUT2D eigenvalue weighted by molar-refractivity contribution is -0.123. The van der Waals surface area contributed by atoms with Crippen molar-refractivity contribution in [2.45, 2.75) is 37.7 Å². The monoisotopic (exact) mass is 259 g/mol. The lowest BCUT2D eigenvalue weighted by Crippen LogP contribution is -2.45. The van der Waals surface area contributed by atoms with Crippen molar-refractivity contribution in [1.82, 2.24) is 5.32 Å². The molecule has 3 nitrogen and oxygen atoms in total. The molecule has 1 saturated carbocycles. The topological polar surface area (TPSA) is 38.3 Å². The predicted octanol–water partition coefficient (Wildman–Crippen LogP) is 2.09. The van der Waals surface area contributed by atoms with E-state index >= 15 is 0 Å². The average Bonchev–Trinajstić information content (AvgIpc) is 3.14. The Kier molecular flexibility index (Phi) is 3.31. The van der Waals surface area contributed by atoms with Crippen LogP contribution in [0.25, 0.3) is 0 Å². The first-order valence-corrected chi connectivity index (χ1v) is 7.09. The smallest absolute Gasteiger partial charge is 0.220 e. The highest BCUT2D eigenvalue weighted by atomic mass is 16.5. The third-order valence-electron chi connectivity index (χ3n) is 4.36. The van der Waals surface area contributed by atoms with Crippen molar-refractivity contribution >= 4 is 5.91 Å². The van der Waals surface area contributed by atoms with Crippen LogP contribution in [0.5, 0.6) is 0 Å². The van der Waals surface area contributed by atoms with Gasteiger partial charge in [-0.15, -0.1) is 0 Å². The molecule has 0 unspecified atom stereocenters. The van der Waals surface area contributed by atoms with Gasteiger partial charge in [0.1, 0.15) is 0 Å². The minimum Gasteiger partial charge on any atom is -0.376 e. The second-order valence-corrected chi connectivity index (χ2v) is 5.93. The normalized spacial score (nSPS) is 20.1. The van der Waals surface area contributed by atoms with Crippen LogP contribution in [0.4, 0.5) is 0 Å². The first-order valence-electron chi connectivity index (χ1n) is 7.09. The summed E-state index contributed by atoms with van der Waals surface area (Å²) < 4.78 is 5.74. The predicted molar refractivity (Wildman–Crippen MR) is 73.9 cm³/mol. The molecular formula is C16H21NO2. The number of benzene rings is 1. The Bertz CT molecular complexity index is 454. The molecule has 1 amide bonds. The molecule has 2 aliphatic carbocycles. The van der Waals surface area contributed by atoms with E-state index in [0.29, 0.717) is 18.9 Å². The number of rotatable bonds is 5. The number of amides is 1. The molecule has 1 N–H and O–H groups in total. The molecule has 1 aromatic carbocycles. The molecule has 0 atom stereocenters. The van der Waals surface area contributed by atoms with Crippen LogP contribution in [0.1, 0.15) is 30.4 Å². The van der Waals surface area contributed by atoms with Crippen molar-refractivity contribution in [1.29, 1.82) is 0 Å². The largest absolute Gasteiger partial charge is 0.376 e. The van der Waals surface area contributed by atoms with Crippen LogP contribution in [0.2, 0.25) is 0 Å². The van der Waals surface area contributed by atoms with Crippen LogP contribution in [0.15, 0.2) is 24.3 Å². The van der Waals surface area contributed by atoms with Gasteiger partial charge in [0.2, 0.25) is 5.91 Å². The summed E-state index contributed by atoms with van der Waals surface area (Å²) in [7, 11) is 1.75. The van der Waals surface area contributed by atoms with Gasteiger partial charge < -0.3 is 10.1 Å². The fourth-order valence-electron chi connectivity index (χ4n) is 2.92. The van der Waals surface area contributed by atoms with Crippen LogP contribution < -0.4 is 5.32 Å². The van der Waals surface area contributed by atoms with E-state index in [-0.39, 0.29) is 11.5 Å². The summed E-state index contributed by atoms with van der Waals surface area (Å²) in [5.74, 6) is 0.814. The number of nitrogens with one attached hydrogen (secondary N) is 1. The first-order chi connectivity index (χ1) is 9.21. The fourth-order valence-corrected chi connectivity index (χ4v) is 2.92. The minimum atomic E-state index is -0.247. The highest BCUT2D eigenvalue weighted by Crippen LogP contribution is 2.33. The van der Waals surface area contributed by atoms with Gasteiger partial charge in [-0.25, -0.2) is 0 Å². The molecule has 3 heteroatoms.